The molecule has 148 valence electrons. The van der Waals surface area contributed by atoms with Crippen LogP contribution in [0.1, 0.15) is 12.0 Å². The van der Waals surface area contributed by atoms with Crippen LogP contribution < -0.4 is 4.74 Å². The van der Waals surface area contributed by atoms with Gasteiger partial charge >= 0.3 is 0 Å². The highest BCUT2D eigenvalue weighted by molar-refractivity contribution is 5.89. The SMILES string of the molecule is COCCN1CCN(C(=O)C2CC(=O)N(Cc3ccc(OC)cc3)C2)CC1. The molecule has 1 unspecified atom stereocenters. The van der Waals surface area contributed by atoms with Crippen molar-refractivity contribution in [2.75, 3.05) is 60.1 Å². The van der Waals surface area contributed by atoms with Gasteiger partial charge in [-0.05, 0) is 17.7 Å². The van der Waals surface area contributed by atoms with Crippen LogP contribution in [-0.2, 0) is 20.9 Å². The number of piperazine rings is 1. The quantitative estimate of drug-likeness (QED) is 0.707. The van der Waals surface area contributed by atoms with Gasteiger partial charge in [0.1, 0.15) is 5.75 Å². The summed E-state index contributed by atoms with van der Waals surface area (Å²) in [6.07, 6.45) is 0.318. The molecule has 2 saturated heterocycles. The van der Waals surface area contributed by atoms with Crippen molar-refractivity contribution in [3.8, 4) is 5.75 Å². The number of carbonyl (C=O) groups is 2. The van der Waals surface area contributed by atoms with Crippen molar-refractivity contribution in [1.29, 1.82) is 0 Å². The molecule has 0 N–H and O–H groups in total. The molecule has 0 saturated carbocycles. The maximum Gasteiger partial charge on any atom is 0.228 e. The number of hydrogen-bond donors (Lipinski definition) is 0. The smallest absolute Gasteiger partial charge is 0.228 e. The first-order chi connectivity index (χ1) is 13.1. The zero-order chi connectivity index (χ0) is 19.2. The first-order valence-corrected chi connectivity index (χ1v) is 9.51. The number of nitrogens with zero attached hydrogens (tertiary/aromatic N) is 3. The van der Waals surface area contributed by atoms with Gasteiger partial charge in [-0.3, -0.25) is 14.5 Å². The summed E-state index contributed by atoms with van der Waals surface area (Å²) in [6, 6.07) is 7.70. The molecule has 1 aromatic carbocycles. The minimum Gasteiger partial charge on any atom is -0.497 e. The molecule has 7 nitrogen and oxygen atoms in total. The number of benzene rings is 1. The van der Waals surface area contributed by atoms with E-state index in [9.17, 15) is 9.59 Å². The van der Waals surface area contributed by atoms with E-state index in [-0.39, 0.29) is 17.7 Å². The van der Waals surface area contributed by atoms with Crippen LogP contribution in [0.4, 0.5) is 0 Å². The van der Waals surface area contributed by atoms with Crippen LogP contribution in [0, 0.1) is 5.92 Å². The van der Waals surface area contributed by atoms with Gasteiger partial charge in [-0.25, -0.2) is 0 Å². The molecule has 0 aliphatic carbocycles. The Morgan fingerprint density at radius 2 is 1.81 bits per heavy atom. The van der Waals surface area contributed by atoms with Crippen molar-refractivity contribution in [2.24, 2.45) is 5.92 Å². The summed E-state index contributed by atoms with van der Waals surface area (Å²) in [5.74, 6) is 0.750. The minimum absolute atomic E-state index is 0.0582. The Balaban J connectivity index is 1.50. The molecule has 3 rings (SSSR count). The minimum atomic E-state index is -0.221. The van der Waals surface area contributed by atoms with Gasteiger partial charge in [-0.15, -0.1) is 0 Å². The molecule has 2 heterocycles. The standard InChI is InChI=1S/C20H29N3O4/c1-26-12-11-21-7-9-22(10-8-21)20(25)17-13-19(24)23(15-17)14-16-3-5-18(27-2)6-4-16/h3-6,17H,7-15H2,1-2H3. The van der Waals surface area contributed by atoms with Crippen molar-refractivity contribution < 1.29 is 19.1 Å². The average Bonchev–Trinajstić information content (AvgIpc) is 3.07. The molecule has 1 aromatic rings. The molecule has 2 amide bonds. The summed E-state index contributed by atoms with van der Waals surface area (Å²) in [7, 11) is 3.33. The Kier molecular flexibility index (Phi) is 6.68. The lowest BCUT2D eigenvalue weighted by Gasteiger charge is -2.35. The molecule has 0 bridgehead atoms. The highest BCUT2D eigenvalue weighted by atomic mass is 16.5. The normalized spacial score (nSPS) is 21.0. The second-order valence-electron chi connectivity index (χ2n) is 7.18. The average molecular weight is 375 g/mol. The number of carbonyl (C=O) groups excluding carboxylic acids is 2. The number of likely N-dealkylation sites (tertiary alicyclic amines) is 1. The molecule has 0 spiro atoms. The summed E-state index contributed by atoms with van der Waals surface area (Å²) >= 11 is 0. The third-order valence-electron chi connectivity index (χ3n) is 5.39. The van der Waals surface area contributed by atoms with E-state index < -0.39 is 0 Å². The summed E-state index contributed by atoms with van der Waals surface area (Å²) in [5, 5.41) is 0. The Bertz CT molecular complexity index is 641. The lowest BCUT2D eigenvalue weighted by Crippen LogP contribution is -2.51. The van der Waals surface area contributed by atoms with Crippen molar-refractivity contribution >= 4 is 11.8 Å². The van der Waals surface area contributed by atoms with E-state index in [2.05, 4.69) is 4.90 Å². The fourth-order valence-electron chi connectivity index (χ4n) is 3.71. The molecular formula is C20H29N3O4. The largest absolute Gasteiger partial charge is 0.497 e. The monoisotopic (exact) mass is 375 g/mol. The maximum absolute atomic E-state index is 12.8. The van der Waals surface area contributed by atoms with Gasteiger partial charge in [0.2, 0.25) is 11.8 Å². The fraction of sp³-hybridized carbons (Fsp3) is 0.600. The molecule has 2 aliphatic heterocycles. The van der Waals surface area contributed by atoms with Gasteiger partial charge in [0.15, 0.2) is 0 Å². The predicted molar refractivity (Wildman–Crippen MR) is 101 cm³/mol. The van der Waals surface area contributed by atoms with Gasteiger partial charge in [0.05, 0.1) is 19.6 Å². The summed E-state index contributed by atoms with van der Waals surface area (Å²) < 4.78 is 10.3. The van der Waals surface area contributed by atoms with E-state index in [1.807, 2.05) is 29.2 Å². The zero-order valence-electron chi connectivity index (χ0n) is 16.2. The number of ether oxygens (including phenoxy) is 2. The van der Waals surface area contributed by atoms with Crippen LogP contribution in [0.5, 0.6) is 5.75 Å². The summed E-state index contributed by atoms with van der Waals surface area (Å²) in [5.41, 5.74) is 1.05. The van der Waals surface area contributed by atoms with E-state index in [0.717, 1.165) is 44.0 Å². The summed E-state index contributed by atoms with van der Waals surface area (Å²) in [6.45, 7) is 5.85. The van der Waals surface area contributed by atoms with Crippen molar-refractivity contribution in [3.63, 3.8) is 0 Å². The summed E-state index contributed by atoms with van der Waals surface area (Å²) in [4.78, 5) is 31.2. The van der Waals surface area contributed by atoms with Crippen LogP contribution in [0.2, 0.25) is 0 Å². The molecule has 27 heavy (non-hydrogen) atoms. The predicted octanol–water partition coefficient (Wildman–Crippen LogP) is 0.834. The number of hydrogen-bond acceptors (Lipinski definition) is 5. The Morgan fingerprint density at radius 1 is 1.11 bits per heavy atom. The second-order valence-corrected chi connectivity index (χ2v) is 7.18. The van der Waals surface area contributed by atoms with Crippen LogP contribution in [-0.4, -0.2) is 86.6 Å². The van der Waals surface area contributed by atoms with Gasteiger partial charge in [0, 0.05) is 59.3 Å². The third-order valence-corrected chi connectivity index (χ3v) is 5.39. The Labute approximate surface area is 160 Å². The van der Waals surface area contributed by atoms with E-state index in [1.54, 1.807) is 19.1 Å². The zero-order valence-corrected chi connectivity index (χ0v) is 16.2. The Hall–Kier alpha value is -2.12. The van der Waals surface area contributed by atoms with Crippen molar-refractivity contribution in [1.82, 2.24) is 14.7 Å². The molecular weight excluding hydrogens is 346 g/mol. The first kappa shape index (κ1) is 19.6. The van der Waals surface area contributed by atoms with Gasteiger partial charge in [-0.2, -0.15) is 0 Å². The Morgan fingerprint density at radius 3 is 2.44 bits per heavy atom. The third kappa shape index (κ3) is 4.99. The first-order valence-electron chi connectivity index (χ1n) is 9.51. The number of rotatable bonds is 7. The van der Waals surface area contributed by atoms with E-state index >= 15 is 0 Å². The van der Waals surface area contributed by atoms with E-state index in [1.165, 1.54) is 0 Å². The lowest BCUT2D eigenvalue weighted by atomic mass is 10.1. The molecule has 1 atom stereocenters. The van der Waals surface area contributed by atoms with E-state index in [4.69, 9.17) is 9.47 Å². The lowest BCUT2D eigenvalue weighted by molar-refractivity contribution is -0.137. The number of methoxy groups -OCH3 is 2. The van der Waals surface area contributed by atoms with Crippen molar-refractivity contribution in [3.05, 3.63) is 29.8 Å². The van der Waals surface area contributed by atoms with E-state index in [0.29, 0.717) is 26.1 Å². The number of amides is 2. The maximum atomic E-state index is 12.8. The van der Waals surface area contributed by atoms with Gasteiger partial charge in [-0.1, -0.05) is 12.1 Å². The molecule has 0 aromatic heterocycles. The fourth-order valence-corrected chi connectivity index (χ4v) is 3.71. The van der Waals surface area contributed by atoms with Crippen molar-refractivity contribution in [2.45, 2.75) is 13.0 Å². The molecule has 2 fully saturated rings. The van der Waals surface area contributed by atoms with Gasteiger partial charge < -0.3 is 19.3 Å². The van der Waals surface area contributed by atoms with Crippen LogP contribution in [0.25, 0.3) is 0 Å². The van der Waals surface area contributed by atoms with Crippen LogP contribution in [0.3, 0.4) is 0 Å². The highest BCUT2D eigenvalue weighted by Crippen LogP contribution is 2.23. The molecule has 7 heteroatoms. The topological polar surface area (TPSA) is 62.3 Å². The van der Waals surface area contributed by atoms with Crippen LogP contribution >= 0.6 is 0 Å². The highest BCUT2D eigenvalue weighted by Gasteiger charge is 2.37. The molecule has 2 aliphatic rings. The van der Waals surface area contributed by atoms with Crippen LogP contribution in [0.15, 0.2) is 24.3 Å². The van der Waals surface area contributed by atoms with Gasteiger partial charge in [0.25, 0.3) is 0 Å². The molecule has 0 radical (unpaired) electrons. The second kappa shape index (κ2) is 9.19.